The summed E-state index contributed by atoms with van der Waals surface area (Å²) in [4.78, 5) is 31.1. The zero-order valence-electron chi connectivity index (χ0n) is 30.0. The molecule has 8 nitrogen and oxygen atoms in total. The Kier molecular flexibility index (Phi) is 10.9. The molecule has 3 N–H and O–H groups in total. The molecule has 2 saturated heterocycles. The highest BCUT2D eigenvalue weighted by atomic mass is 32.2. The molecule has 2 amide bonds. The molecule has 270 valence electrons. The number of hydrogen-bond acceptors (Lipinski definition) is 7. The number of thiocarbonyl (C=S) groups is 1. The first-order valence-electron chi connectivity index (χ1n) is 18.3. The molecule has 3 aromatic rings. The van der Waals surface area contributed by atoms with Gasteiger partial charge in [-0.25, -0.2) is 0 Å². The Balaban J connectivity index is 1.01. The van der Waals surface area contributed by atoms with E-state index in [1.54, 1.807) is 11.8 Å². The highest BCUT2D eigenvalue weighted by Gasteiger charge is 2.55. The lowest BCUT2D eigenvalue weighted by atomic mass is 9.83. The fourth-order valence-electron chi connectivity index (χ4n) is 8.18. The molecule has 0 saturated carbocycles. The monoisotopic (exact) mass is 726 g/mol. The van der Waals surface area contributed by atoms with Gasteiger partial charge in [-0.05, 0) is 84.2 Å². The van der Waals surface area contributed by atoms with Crippen LogP contribution in [0.25, 0.3) is 0 Å². The summed E-state index contributed by atoms with van der Waals surface area (Å²) in [6.07, 6.45) is 4.05. The van der Waals surface area contributed by atoms with Gasteiger partial charge in [0, 0.05) is 6.42 Å². The number of nitrogens with one attached hydrogen (secondary N) is 3. The molecule has 0 aromatic heterocycles. The topological polar surface area (TPSA) is 91.9 Å². The van der Waals surface area contributed by atoms with Gasteiger partial charge in [-0.15, -0.1) is 11.8 Å². The lowest BCUT2D eigenvalue weighted by molar-refractivity contribution is -0.143. The average molecular weight is 727 g/mol. The predicted octanol–water partition coefficient (Wildman–Crippen LogP) is 5.65. The normalized spacial score (nSPS) is 25.8. The third-order valence-corrected chi connectivity index (χ3v) is 12.9. The molecule has 2 aliphatic heterocycles. The van der Waals surface area contributed by atoms with E-state index in [-0.39, 0.29) is 41.5 Å². The highest BCUT2D eigenvalue weighted by Crippen LogP contribution is 2.47. The Morgan fingerprint density at radius 3 is 2.22 bits per heavy atom. The molecule has 7 rings (SSSR count). The molecule has 2 heterocycles. The van der Waals surface area contributed by atoms with Crippen molar-refractivity contribution in [2.75, 3.05) is 12.8 Å². The van der Waals surface area contributed by atoms with Crippen molar-refractivity contribution in [3.05, 3.63) is 106 Å². The van der Waals surface area contributed by atoms with Crippen LogP contribution in [0.3, 0.4) is 0 Å². The van der Waals surface area contributed by atoms with Crippen molar-refractivity contribution < 1.29 is 19.1 Å². The van der Waals surface area contributed by atoms with Gasteiger partial charge >= 0.3 is 0 Å². The van der Waals surface area contributed by atoms with E-state index >= 15 is 0 Å². The van der Waals surface area contributed by atoms with Crippen molar-refractivity contribution in [2.45, 2.75) is 108 Å². The van der Waals surface area contributed by atoms with Gasteiger partial charge in [-0.2, -0.15) is 0 Å². The van der Waals surface area contributed by atoms with Crippen molar-refractivity contribution in [1.82, 2.24) is 20.9 Å². The summed E-state index contributed by atoms with van der Waals surface area (Å²) in [6.45, 7) is 7.20. The summed E-state index contributed by atoms with van der Waals surface area (Å²) in [5.41, 5.74) is 6.85. The number of carbonyl (C=O) groups excluding carboxylic acids is 2. The van der Waals surface area contributed by atoms with E-state index in [2.05, 4.69) is 90.5 Å². The van der Waals surface area contributed by atoms with Gasteiger partial charge in [0.25, 0.3) is 0 Å². The second-order valence-electron chi connectivity index (χ2n) is 15.2. The Labute approximate surface area is 311 Å². The van der Waals surface area contributed by atoms with E-state index in [9.17, 15) is 9.59 Å². The van der Waals surface area contributed by atoms with Crippen LogP contribution < -0.4 is 16.0 Å². The number of fused-ring (bicyclic) bond motifs is 3. The number of hydrogen-bond donors (Lipinski definition) is 3. The summed E-state index contributed by atoms with van der Waals surface area (Å²) in [6, 6.07) is 23.8. The summed E-state index contributed by atoms with van der Waals surface area (Å²) < 4.78 is 12.9. The van der Waals surface area contributed by atoms with Crippen molar-refractivity contribution in [2.24, 2.45) is 5.41 Å². The molecule has 1 unspecified atom stereocenters. The van der Waals surface area contributed by atoms with Crippen LogP contribution in [-0.4, -0.2) is 70.2 Å². The summed E-state index contributed by atoms with van der Waals surface area (Å²) in [5.74, 6) is 0.636. The molecule has 0 spiro atoms. The van der Waals surface area contributed by atoms with Crippen LogP contribution >= 0.6 is 24.0 Å². The van der Waals surface area contributed by atoms with Crippen molar-refractivity contribution in [3.63, 3.8) is 0 Å². The van der Waals surface area contributed by atoms with E-state index in [1.807, 2.05) is 31.0 Å². The standard InChI is InChI=1S/C41H50N4O4S2/c1-25(42-4)39(50)43-33-17-18-51-35-22-41(2,3)37(45(35)40(33)47)38(46)44-36-32-12-8-7-11-30(32)21-34(36)49-24-27-15-13-26(14-16-27)23-48-31-19-28-9-5-6-10-29(28)20-31/h5-16,25,31,33-37,42H,17-24H2,1-4H3,(H,43,50)(H,44,46)/t25-,33-,34+,35?,36-,37+/m0/s1. The molecule has 4 aliphatic rings. The van der Waals surface area contributed by atoms with Crippen LogP contribution in [0.1, 0.15) is 73.0 Å². The van der Waals surface area contributed by atoms with Gasteiger partial charge in [0.2, 0.25) is 11.8 Å². The average Bonchev–Trinajstić information content (AvgIpc) is 3.76. The number of rotatable bonds is 11. The smallest absolute Gasteiger partial charge is 0.246 e. The van der Waals surface area contributed by atoms with Gasteiger partial charge in [0.15, 0.2) is 0 Å². The van der Waals surface area contributed by atoms with Crippen molar-refractivity contribution in [3.8, 4) is 0 Å². The maximum Gasteiger partial charge on any atom is 0.246 e. The SMILES string of the molecule is CN[C@@H](C)C(=S)N[C@H]1CCSC2CC(C)(C)[C@@H](C(=O)N[C@H]3c4ccccc4C[C@H]3OCc3ccc(COC4Cc5ccccc5C4)cc3)N2C1=O. The largest absolute Gasteiger partial charge is 0.373 e. The first-order valence-corrected chi connectivity index (χ1v) is 19.7. The summed E-state index contributed by atoms with van der Waals surface area (Å²) in [5, 5.41) is 9.80. The van der Waals surface area contributed by atoms with Crippen LogP contribution in [0.5, 0.6) is 0 Å². The fourth-order valence-corrected chi connectivity index (χ4v) is 10.0. The predicted molar refractivity (Wildman–Crippen MR) is 206 cm³/mol. The maximum atomic E-state index is 14.5. The number of ether oxygens (including phenoxy) is 2. The second kappa shape index (κ2) is 15.4. The van der Waals surface area contributed by atoms with Gasteiger partial charge in [0.1, 0.15) is 12.1 Å². The minimum Gasteiger partial charge on any atom is -0.373 e. The number of thioether (sulfide) groups is 1. The third-order valence-electron chi connectivity index (χ3n) is 11.2. The third kappa shape index (κ3) is 7.76. The summed E-state index contributed by atoms with van der Waals surface area (Å²) >= 11 is 7.37. The molecule has 51 heavy (non-hydrogen) atoms. The Morgan fingerprint density at radius 2 is 1.55 bits per heavy atom. The highest BCUT2D eigenvalue weighted by molar-refractivity contribution is 7.99. The molecule has 2 fully saturated rings. The maximum absolute atomic E-state index is 14.5. The van der Waals surface area contributed by atoms with Crippen LogP contribution in [0, 0.1) is 5.41 Å². The molecule has 0 radical (unpaired) electrons. The van der Waals surface area contributed by atoms with Crippen LogP contribution in [0.2, 0.25) is 0 Å². The van der Waals surface area contributed by atoms with Crippen molar-refractivity contribution >= 4 is 40.8 Å². The van der Waals surface area contributed by atoms with Crippen LogP contribution in [0.4, 0.5) is 0 Å². The number of benzene rings is 3. The molecular weight excluding hydrogens is 677 g/mol. The van der Waals surface area contributed by atoms with E-state index in [0.717, 1.165) is 41.7 Å². The second-order valence-corrected chi connectivity index (χ2v) is 16.9. The number of nitrogens with zero attached hydrogens (tertiary/aromatic N) is 1. The first kappa shape index (κ1) is 36.1. The quantitative estimate of drug-likeness (QED) is 0.219. The van der Waals surface area contributed by atoms with E-state index < -0.39 is 17.5 Å². The molecule has 0 bridgehead atoms. The Bertz CT molecular complexity index is 1720. The van der Waals surface area contributed by atoms with Gasteiger partial charge in [-0.1, -0.05) is 98.9 Å². The van der Waals surface area contributed by atoms with Gasteiger partial charge in [-0.3, -0.25) is 9.59 Å². The van der Waals surface area contributed by atoms with Crippen molar-refractivity contribution in [1.29, 1.82) is 0 Å². The molecular formula is C41H50N4O4S2. The minimum absolute atomic E-state index is 0.0526. The minimum atomic E-state index is -0.609. The van der Waals surface area contributed by atoms with Gasteiger partial charge < -0.3 is 30.3 Å². The fraction of sp³-hybridized carbons (Fsp3) is 0.488. The number of likely N-dealkylation sites (N-methyl/N-ethyl adjacent to an activating group) is 1. The molecule has 3 aromatic carbocycles. The van der Waals surface area contributed by atoms with Gasteiger partial charge in [0.05, 0.1) is 47.9 Å². The Hall–Kier alpha value is -3.28. The molecule has 6 atom stereocenters. The van der Waals surface area contributed by atoms with E-state index in [4.69, 9.17) is 21.7 Å². The Morgan fingerprint density at radius 1 is 0.922 bits per heavy atom. The number of carbonyl (C=O) groups is 2. The molecule has 10 heteroatoms. The zero-order chi connectivity index (χ0) is 35.7. The zero-order valence-corrected chi connectivity index (χ0v) is 31.7. The number of amides is 2. The lowest BCUT2D eigenvalue weighted by Crippen LogP contribution is -2.58. The molecule has 2 aliphatic carbocycles. The summed E-state index contributed by atoms with van der Waals surface area (Å²) in [7, 11) is 1.85. The van der Waals surface area contributed by atoms with E-state index in [0.29, 0.717) is 31.0 Å². The lowest BCUT2D eigenvalue weighted by Gasteiger charge is -2.35. The van der Waals surface area contributed by atoms with Crippen LogP contribution in [-0.2, 0) is 51.5 Å². The van der Waals surface area contributed by atoms with Crippen LogP contribution in [0.15, 0.2) is 72.8 Å². The van der Waals surface area contributed by atoms with E-state index in [1.165, 1.54) is 16.7 Å². The first-order chi connectivity index (χ1) is 24.6.